The number of hydrogen-bond acceptors (Lipinski definition) is 4. The highest BCUT2D eigenvalue weighted by Gasteiger charge is 2.13. The van der Waals surface area contributed by atoms with Crippen LogP contribution in [0.15, 0.2) is 22.7 Å². The van der Waals surface area contributed by atoms with Crippen molar-refractivity contribution >= 4 is 27.8 Å². The van der Waals surface area contributed by atoms with E-state index in [9.17, 15) is 4.79 Å². The van der Waals surface area contributed by atoms with E-state index in [2.05, 4.69) is 36.4 Å². The fraction of sp³-hybridized carbons (Fsp3) is 0.333. The van der Waals surface area contributed by atoms with E-state index in [4.69, 9.17) is 0 Å². The number of rotatable bonds is 4. The van der Waals surface area contributed by atoms with Crippen LogP contribution in [0.25, 0.3) is 0 Å². The number of nitrogens with zero attached hydrogens (tertiary/aromatic N) is 3. The largest absolute Gasteiger partial charge is 0.289 e. The van der Waals surface area contributed by atoms with Gasteiger partial charge < -0.3 is 0 Å². The Morgan fingerprint density at radius 2 is 1.90 bits per heavy atom. The molecule has 0 unspecified atom stereocenters. The molecular formula is C15H17BrN4O. The molecule has 1 heterocycles. The van der Waals surface area contributed by atoms with Crippen molar-refractivity contribution in [3.05, 3.63) is 45.2 Å². The van der Waals surface area contributed by atoms with Crippen LogP contribution in [0.1, 0.15) is 41.2 Å². The van der Waals surface area contributed by atoms with Gasteiger partial charge in [-0.25, -0.2) is 4.98 Å². The van der Waals surface area contributed by atoms with Gasteiger partial charge in [-0.2, -0.15) is 0 Å². The summed E-state index contributed by atoms with van der Waals surface area (Å²) in [6, 6.07) is 5.60. The number of benzene rings is 1. The summed E-state index contributed by atoms with van der Waals surface area (Å²) in [5.41, 5.74) is 3.30. The fourth-order valence-corrected chi connectivity index (χ4v) is 2.40. The second-order valence-corrected chi connectivity index (χ2v) is 5.53. The molecule has 21 heavy (non-hydrogen) atoms. The van der Waals surface area contributed by atoms with Crippen molar-refractivity contribution in [2.45, 2.75) is 33.6 Å². The molecule has 1 N–H and O–H groups in total. The third-order valence-electron chi connectivity index (χ3n) is 3.10. The lowest BCUT2D eigenvalue weighted by atomic mass is 10.1. The SMILES string of the molecule is CCc1nnc(NC(=O)c2cc(C)ccc2Br)nc1CC. The van der Waals surface area contributed by atoms with Crippen LogP contribution < -0.4 is 5.32 Å². The summed E-state index contributed by atoms with van der Waals surface area (Å²) in [5.74, 6) is -0.0128. The Kier molecular flexibility index (Phi) is 5.01. The lowest BCUT2D eigenvalue weighted by Gasteiger charge is -2.08. The third-order valence-corrected chi connectivity index (χ3v) is 3.79. The van der Waals surface area contributed by atoms with Gasteiger partial charge in [-0.05, 0) is 47.8 Å². The van der Waals surface area contributed by atoms with Gasteiger partial charge >= 0.3 is 0 Å². The van der Waals surface area contributed by atoms with Crippen LogP contribution in [0.3, 0.4) is 0 Å². The van der Waals surface area contributed by atoms with Crippen LogP contribution in [-0.4, -0.2) is 21.1 Å². The summed E-state index contributed by atoms with van der Waals surface area (Å²) >= 11 is 3.38. The predicted octanol–water partition coefficient (Wildman–Crippen LogP) is 3.32. The van der Waals surface area contributed by atoms with E-state index < -0.39 is 0 Å². The van der Waals surface area contributed by atoms with Crippen molar-refractivity contribution < 1.29 is 4.79 Å². The first-order chi connectivity index (χ1) is 10.0. The average molecular weight is 349 g/mol. The molecular weight excluding hydrogens is 332 g/mol. The lowest BCUT2D eigenvalue weighted by Crippen LogP contribution is -2.17. The molecule has 0 saturated carbocycles. The van der Waals surface area contributed by atoms with Gasteiger partial charge in [0.05, 0.1) is 17.0 Å². The average Bonchev–Trinajstić information content (AvgIpc) is 2.49. The Bertz CT molecular complexity index is 673. The molecule has 0 fully saturated rings. The minimum absolute atomic E-state index is 0.238. The highest BCUT2D eigenvalue weighted by Crippen LogP contribution is 2.19. The number of aromatic nitrogens is 3. The lowest BCUT2D eigenvalue weighted by molar-refractivity contribution is 0.102. The molecule has 0 atom stereocenters. The topological polar surface area (TPSA) is 67.8 Å². The van der Waals surface area contributed by atoms with Crippen molar-refractivity contribution in [2.75, 3.05) is 5.32 Å². The summed E-state index contributed by atoms with van der Waals surface area (Å²) in [4.78, 5) is 16.7. The van der Waals surface area contributed by atoms with Crippen LogP contribution >= 0.6 is 15.9 Å². The molecule has 1 amide bonds. The van der Waals surface area contributed by atoms with E-state index in [-0.39, 0.29) is 11.9 Å². The quantitative estimate of drug-likeness (QED) is 0.920. The molecule has 0 bridgehead atoms. The molecule has 0 aliphatic heterocycles. The van der Waals surface area contributed by atoms with Crippen LogP contribution in [-0.2, 0) is 12.8 Å². The number of nitrogens with one attached hydrogen (secondary N) is 1. The summed E-state index contributed by atoms with van der Waals surface area (Å²) in [6.45, 7) is 5.95. The number of hydrogen-bond donors (Lipinski definition) is 1. The number of carbonyl (C=O) groups excluding carboxylic acids is 1. The first-order valence-corrected chi connectivity index (χ1v) is 7.64. The van der Waals surface area contributed by atoms with Crippen molar-refractivity contribution in [1.82, 2.24) is 15.2 Å². The Morgan fingerprint density at radius 3 is 2.57 bits per heavy atom. The Morgan fingerprint density at radius 1 is 1.19 bits per heavy atom. The smallest absolute Gasteiger partial charge is 0.259 e. The minimum atomic E-state index is -0.251. The maximum Gasteiger partial charge on any atom is 0.259 e. The Balaban J connectivity index is 2.25. The monoisotopic (exact) mass is 348 g/mol. The van der Waals surface area contributed by atoms with Crippen LogP contribution in [0.2, 0.25) is 0 Å². The molecule has 0 aliphatic rings. The number of halogens is 1. The van der Waals surface area contributed by atoms with Gasteiger partial charge in [0.1, 0.15) is 0 Å². The number of carbonyl (C=O) groups is 1. The molecule has 2 rings (SSSR count). The highest BCUT2D eigenvalue weighted by atomic mass is 79.9. The zero-order valence-electron chi connectivity index (χ0n) is 12.3. The van der Waals surface area contributed by atoms with E-state index >= 15 is 0 Å². The van der Waals surface area contributed by atoms with Crippen molar-refractivity contribution in [2.24, 2.45) is 0 Å². The third kappa shape index (κ3) is 3.64. The summed E-state index contributed by atoms with van der Waals surface area (Å²) < 4.78 is 0.736. The first kappa shape index (κ1) is 15.6. The molecule has 0 radical (unpaired) electrons. The molecule has 0 saturated heterocycles. The molecule has 2 aromatic rings. The second-order valence-electron chi connectivity index (χ2n) is 4.67. The fourth-order valence-electron chi connectivity index (χ4n) is 1.97. The maximum atomic E-state index is 12.3. The van der Waals surface area contributed by atoms with Gasteiger partial charge in [-0.1, -0.05) is 25.5 Å². The summed E-state index contributed by atoms with van der Waals surface area (Å²) in [5, 5.41) is 10.8. The van der Waals surface area contributed by atoms with Gasteiger partial charge in [-0.3, -0.25) is 10.1 Å². The van der Waals surface area contributed by atoms with Gasteiger partial charge in [0.15, 0.2) is 0 Å². The predicted molar refractivity (Wildman–Crippen MR) is 85.4 cm³/mol. The molecule has 0 aliphatic carbocycles. The molecule has 110 valence electrons. The summed E-state index contributed by atoms with van der Waals surface area (Å²) in [7, 11) is 0. The van der Waals surface area contributed by atoms with E-state index in [1.165, 1.54) is 0 Å². The Labute approximate surface area is 132 Å². The standard InChI is InChI=1S/C15H17BrN4O/c1-4-12-13(5-2)19-20-15(17-12)18-14(21)10-8-9(3)6-7-11(10)16/h6-8H,4-5H2,1-3H3,(H,17,18,20,21). The molecule has 5 nitrogen and oxygen atoms in total. The van der Waals surface area contributed by atoms with Crippen molar-refractivity contribution in [3.63, 3.8) is 0 Å². The van der Waals surface area contributed by atoms with Gasteiger partial charge in [0, 0.05) is 4.47 Å². The van der Waals surface area contributed by atoms with E-state index in [1.807, 2.05) is 39.0 Å². The number of amides is 1. The van der Waals surface area contributed by atoms with Gasteiger partial charge in [0.2, 0.25) is 5.95 Å². The van der Waals surface area contributed by atoms with Crippen LogP contribution in [0.5, 0.6) is 0 Å². The van der Waals surface area contributed by atoms with Crippen molar-refractivity contribution in [3.8, 4) is 0 Å². The van der Waals surface area contributed by atoms with Crippen LogP contribution in [0, 0.1) is 6.92 Å². The van der Waals surface area contributed by atoms with Crippen molar-refractivity contribution in [1.29, 1.82) is 0 Å². The maximum absolute atomic E-state index is 12.3. The highest BCUT2D eigenvalue weighted by molar-refractivity contribution is 9.10. The molecule has 0 spiro atoms. The zero-order valence-corrected chi connectivity index (χ0v) is 13.9. The molecule has 6 heteroatoms. The second kappa shape index (κ2) is 6.76. The van der Waals surface area contributed by atoms with E-state index in [1.54, 1.807) is 0 Å². The molecule has 1 aromatic heterocycles. The van der Waals surface area contributed by atoms with E-state index in [0.717, 1.165) is 34.3 Å². The van der Waals surface area contributed by atoms with E-state index in [0.29, 0.717) is 5.56 Å². The van der Waals surface area contributed by atoms with Gasteiger partial charge in [-0.15, -0.1) is 10.2 Å². The number of aryl methyl sites for hydroxylation is 3. The summed E-state index contributed by atoms with van der Waals surface area (Å²) in [6.07, 6.45) is 1.54. The number of anilines is 1. The minimum Gasteiger partial charge on any atom is -0.289 e. The zero-order chi connectivity index (χ0) is 15.4. The normalized spacial score (nSPS) is 10.5. The van der Waals surface area contributed by atoms with Gasteiger partial charge in [0.25, 0.3) is 5.91 Å². The Hall–Kier alpha value is -1.82. The first-order valence-electron chi connectivity index (χ1n) is 6.85. The molecule has 1 aromatic carbocycles. The van der Waals surface area contributed by atoms with Crippen LogP contribution in [0.4, 0.5) is 5.95 Å².